The molecule has 0 bridgehead atoms. The zero-order valence-corrected chi connectivity index (χ0v) is 19.2. The van der Waals surface area contributed by atoms with Gasteiger partial charge in [-0.1, -0.05) is 46.3 Å². The summed E-state index contributed by atoms with van der Waals surface area (Å²) in [4.78, 5) is 30.3. The lowest BCUT2D eigenvalue weighted by Crippen LogP contribution is -2.15. The lowest BCUT2D eigenvalue weighted by Gasteiger charge is -2.11. The van der Waals surface area contributed by atoms with Crippen LogP contribution in [0.3, 0.4) is 0 Å². The molecular formula is C26H20BrNO4. The van der Waals surface area contributed by atoms with E-state index in [-0.39, 0.29) is 12.4 Å². The Labute approximate surface area is 194 Å². The summed E-state index contributed by atoms with van der Waals surface area (Å²) in [5.74, 6) is -0.204. The van der Waals surface area contributed by atoms with Gasteiger partial charge in [0.2, 0.25) is 0 Å². The summed E-state index contributed by atoms with van der Waals surface area (Å²) in [5, 5.41) is 0.688. The van der Waals surface area contributed by atoms with Gasteiger partial charge >= 0.3 is 5.97 Å². The van der Waals surface area contributed by atoms with Gasteiger partial charge in [-0.15, -0.1) is 0 Å². The molecule has 0 aliphatic heterocycles. The first kappa shape index (κ1) is 21.7. The smallest absolute Gasteiger partial charge is 0.339 e. The first-order valence-electron chi connectivity index (χ1n) is 9.97. The fourth-order valence-electron chi connectivity index (χ4n) is 3.40. The Bertz CT molecular complexity index is 1300. The van der Waals surface area contributed by atoms with Crippen LogP contribution >= 0.6 is 15.9 Å². The number of hydrogen-bond donors (Lipinski definition) is 0. The highest BCUT2D eigenvalue weighted by Gasteiger charge is 2.18. The van der Waals surface area contributed by atoms with Gasteiger partial charge in [0.25, 0.3) is 0 Å². The maximum Gasteiger partial charge on any atom is 0.339 e. The van der Waals surface area contributed by atoms with E-state index < -0.39 is 5.97 Å². The Balaban J connectivity index is 1.64. The largest absolute Gasteiger partial charge is 0.497 e. The van der Waals surface area contributed by atoms with E-state index in [2.05, 4.69) is 15.9 Å². The number of nitrogens with zero attached hydrogens (tertiary/aromatic N) is 1. The van der Waals surface area contributed by atoms with Crippen molar-refractivity contribution < 1.29 is 19.1 Å². The van der Waals surface area contributed by atoms with Crippen LogP contribution in [0.25, 0.3) is 22.2 Å². The number of pyridine rings is 1. The summed E-state index contributed by atoms with van der Waals surface area (Å²) in [5.41, 5.74) is 4.03. The molecule has 4 rings (SSSR count). The molecule has 0 atom stereocenters. The average molecular weight is 490 g/mol. The van der Waals surface area contributed by atoms with Crippen molar-refractivity contribution in [1.82, 2.24) is 4.98 Å². The monoisotopic (exact) mass is 489 g/mol. The van der Waals surface area contributed by atoms with Crippen LogP contribution in [0.4, 0.5) is 0 Å². The van der Waals surface area contributed by atoms with Crippen molar-refractivity contribution >= 4 is 38.6 Å². The van der Waals surface area contributed by atoms with E-state index in [1.54, 1.807) is 37.4 Å². The number of rotatable bonds is 6. The van der Waals surface area contributed by atoms with Crippen molar-refractivity contribution in [3.05, 3.63) is 94.0 Å². The molecule has 0 aliphatic carbocycles. The number of methoxy groups -OCH3 is 1. The van der Waals surface area contributed by atoms with Crippen LogP contribution in [0.5, 0.6) is 5.75 Å². The highest BCUT2D eigenvalue weighted by Crippen LogP contribution is 2.28. The molecule has 0 spiro atoms. The van der Waals surface area contributed by atoms with Crippen molar-refractivity contribution in [2.24, 2.45) is 0 Å². The van der Waals surface area contributed by atoms with E-state index in [0.717, 1.165) is 21.1 Å². The number of aryl methyl sites for hydroxylation is 1. The third-order valence-electron chi connectivity index (χ3n) is 5.15. The lowest BCUT2D eigenvalue weighted by atomic mass is 10.0. The molecule has 1 heterocycles. The van der Waals surface area contributed by atoms with E-state index in [4.69, 9.17) is 14.5 Å². The number of Topliss-reactive ketones (excluding diaryl/α,β-unsaturated/α-hetero) is 1. The zero-order chi connectivity index (χ0) is 22.7. The number of aromatic nitrogens is 1. The van der Waals surface area contributed by atoms with Crippen LogP contribution in [0, 0.1) is 6.92 Å². The molecule has 32 heavy (non-hydrogen) atoms. The number of hydrogen-bond acceptors (Lipinski definition) is 5. The zero-order valence-electron chi connectivity index (χ0n) is 17.6. The second kappa shape index (κ2) is 9.32. The topological polar surface area (TPSA) is 65.5 Å². The third-order valence-corrected chi connectivity index (χ3v) is 5.68. The number of esters is 1. The van der Waals surface area contributed by atoms with Gasteiger partial charge in [-0.05, 0) is 55.0 Å². The van der Waals surface area contributed by atoms with Crippen LogP contribution in [0.1, 0.15) is 26.3 Å². The fourth-order valence-corrected chi connectivity index (χ4v) is 3.66. The van der Waals surface area contributed by atoms with E-state index in [9.17, 15) is 9.59 Å². The van der Waals surface area contributed by atoms with Crippen LogP contribution < -0.4 is 4.74 Å². The van der Waals surface area contributed by atoms with Crippen molar-refractivity contribution in [2.75, 3.05) is 13.7 Å². The summed E-state index contributed by atoms with van der Waals surface area (Å²) in [7, 11) is 1.56. The molecule has 5 nitrogen and oxygen atoms in total. The number of para-hydroxylation sites is 1. The molecule has 1 aromatic heterocycles. The molecule has 4 aromatic rings. The van der Waals surface area contributed by atoms with Crippen LogP contribution in [0.15, 0.2) is 77.3 Å². The highest BCUT2D eigenvalue weighted by molar-refractivity contribution is 9.10. The molecule has 0 unspecified atom stereocenters. The maximum atomic E-state index is 13.0. The predicted octanol–water partition coefficient (Wildman–Crippen LogP) is 6.02. The molecule has 160 valence electrons. The van der Waals surface area contributed by atoms with Crippen LogP contribution in [-0.2, 0) is 4.74 Å². The second-order valence-electron chi connectivity index (χ2n) is 7.26. The Morgan fingerprint density at radius 3 is 2.38 bits per heavy atom. The third kappa shape index (κ3) is 4.55. The quantitative estimate of drug-likeness (QED) is 0.244. The first-order valence-corrected chi connectivity index (χ1v) is 10.8. The van der Waals surface area contributed by atoms with Gasteiger partial charge in [0.05, 0.1) is 23.9 Å². The minimum Gasteiger partial charge on any atom is -0.497 e. The van der Waals surface area contributed by atoms with Gasteiger partial charge in [-0.2, -0.15) is 0 Å². The van der Waals surface area contributed by atoms with E-state index in [1.165, 1.54) is 0 Å². The average Bonchev–Trinajstić information content (AvgIpc) is 2.82. The Kier molecular flexibility index (Phi) is 6.32. The van der Waals surface area contributed by atoms with E-state index in [1.807, 2.05) is 49.4 Å². The van der Waals surface area contributed by atoms with E-state index in [0.29, 0.717) is 28.0 Å². The molecular weight excluding hydrogens is 470 g/mol. The molecule has 3 aromatic carbocycles. The molecule has 6 heteroatoms. The number of ketones is 1. The maximum absolute atomic E-state index is 13.0. The van der Waals surface area contributed by atoms with Crippen molar-refractivity contribution in [1.29, 1.82) is 0 Å². The van der Waals surface area contributed by atoms with Gasteiger partial charge in [0.15, 0.2) is 12.4 Å². The molecule has 0 aliphatic rings. The normalized spacial score (nSPS) is 10.7. The molecule has 0 amide bonds. The Hall–Kier alpha value is -3.51. The molecule has 0 N–H and O–H groups in total. The molecule has 0 fully saturated rings. The number of ether oxygens (including phenoxy) is 2. The van der Waals surface area contributed by atoms with Crippen LogP contribution in [-0.4, -0.2) is 30.5 Å². The van der Waals surface area contributed by atoms with E-state index >= 15 is 0 Å². The fraction of sp³-hybridized carbons (Fsp3) is 0.115. The van der Waals surface area contributed by atoms with Gasteiger partial charge in [-0.25, -0.2) is 9.78 Å². The number of benzene rings is 3. The summed E-state index contributed by atoms with van der Waals surface area (Å²) in [6.07, 6.45) is 0. The first-order chi connectivity index (χ1) is 15.5. The summed E-state index contributed by atoms with van der Waals surface area (Å²) >= 11 is 3.43. The SMILES string of the molecule is COc1ccc(C(=O)COC(=O)c2cc(-c3ccc(Br)cc3)nc3c(C)cccc23)cc1. The van der Waals surface area contributed by atoms with Crippen molar-refractivity contribution in [2.45, 2.75) is 6.92 Å². The summed E-state index contributed by atoms with van der Waals surface area (Å²) in [6, 6.07) is 21.7. The number of fused-ring (bicyclic) bond motifs is 1. The Morgan fingerprint density at radius 1 is 0.969 bits per heavy atom. The van der Waals surface area contributed by atoms with Crippen molar-refractivity contribution in [3.8, 4) is 17.0 Å². The number of halogens is 1. The highest BCUT2D eigenvalue weighted by atomic mass is 79.9. The Morgan fingerprint density at radius 2 is 1.69 bits per heavy atom. The lowest BCUT2D eigenvalue weighted by molar-refractivity contribution is 0.0476. The van der Waals surface area contributed by atoms with Gasteiger partial charge < -0.3 is 9.47 Å². The molecule has 0 radical (unpaired) electrons. The minimum absolute atomic E-state index is 0.288. The van der Waals surface area contributed by atoms with Gasteiger partial charge in [0, 0.05) is 21.0 Å². The van der Waals surface area contributed by atoms with Gasteiger partial charge in [0.1, 0.15) is 5.75 Å². The second-order valence-corrected chi connectivity index (χ2v) is 8.18. The number of carbonyl (C=O) groups excluding carboxylic acids is 2. The number of carbonyl (C=O) groups is 2. The minimum atomic E-state index is -0.566. The van der Waals surface area contributed by atoms with Gasteiger partial charge in [-0.3, -0.25) is 4.79 Å². The summed E-state index contributed by atoms with van der Waals surface area (Å²) in [6.45, 7) is 1.59. The molecule has 0 saturated carbocycles. The van der Waals surface area contributed by atoms with Crippen molar-refractivity contribution in [3.63, 3.8) is 0 Å². The molecule has 0 saturated heterocycles. The standard InChI is InChI=1S/C26H20BrNO4/c1-16-4-3-5-21-22(14-23(28-25(16)21)17-6-10-19(27)11-7-17)26(30)32-15-24(29)18-8-12-20(31-2)13-9-18/h3-14H,15H2,1-2H3. The summed E-state index contributed by atoms with van der Waals surface area (Å²) < 4.78 is 11.5. The predicted molar refractivity (Wildman–Crippen MR) is 127 cm³/mol. The van der Waals surface area contributed by atoms with Crippen LogP contribution in [0.2, 0.25) is 0 Å².